The molecule has 0 bridgehead atoms. The van der Waals surface area contributed by atoms with Crippen molar-refractivity contribution in [2.24, 2.45) is 5.92 Å². The van der Waals surface area contributed by atoms with Gasteiger partial charge in [0.15, 0.2) is 0 Å². The van der Waals surface area contributed by atoms with E-state index in [-0.39, 0.29) is 0 Å². The molecule has 5 rings (SSSR count). The fourth-order valence-electron chi connectivity index (χ4n) is 4.22. The van der Waals surface area contributed by atoms with Crippen molar-refractivity contribution in [3.05, 3.63) is 66.6 Å². The molecule has 2 fully saturated rings. The van der Waals surface area contributed by atoms with Crippen molar-refractivity contribution in [1.29, 1.82) is 0 Å². The van der Waals surface area contributed by atoms with Gasteiger partial charge >= 0.3 is 0 Å². The van der Waals surface area contributed by atoms with Crippen LogP contribution in [0.2, 0.25) is 0 Å². The summed E-state index contributed by atoms with van der Waals surface area (Å²) in [7, 11) is 0. The molecule has 1 aliphatic heterocycles. The monoisotopic (exact) mass is 373 g/mol. The van der Waals surface area contributed by atoms with Gasteiger partial charge in [-0.3, -0.25) is 4.98 Å². The van der Waals surface area contributed by atoms with E-state index >= 15 is 0 Å². The quantitative estimate of drug-likeness (QED) is 0.688. The van der Waals surface area contributed by atoms with E-state index < -0.39 is 0 Å². The summed E-state index contributed by atoms with van der Waals surface area (Å²) in [6.07, 6.45) is 9.97. The Morgan fingerprint density at radius 1 is 1.00 bits per heavy atom. The number of likely N-dealkylation sites (tertiary alicyclic amines) is 1. The fraction of sp³-hybridized carbons (Fsp3) is 0.391. The summed E-state index contributed by atoms with van der Waals surface area (Å²) in [6.45, 7) is 4.46. The Hall–Kier alpha value is -2.50. The molecule has 1 N–H and O–H groups in total. The Kier molecular flexibility index (Phi) is 4.93. The van der Waals surface area contributed by atoms with Crippen molar-refractivity contribution in [2.45, 2.75) is 31.8 Å². The van der Waals surface area contributed by atoms with Crippen LogP contribution in [0.4, 0.5) is 0 Å². The Bertz CT molecular complexity index is 901. The molecule has 1 unspecified atom stereocenters. The summed E-state index contributed by atoms with van der Waals surface area (Å²) in [5.74, 6) is 0.772. The van der Waals surface area contributed by atoms with Crippen LogP contribution in [0.1, 0.15) is 24.8 Å². The highest BCUT2D eigenvalue weighted by molar-refractivity contribution is 5.62. The smallest absolute Gasteiger partial charge is 0.0973 e. The van der Waals surface area contributed by atoms with E-state index in [2.05, 4.69) is 33.5 Å². The second kappa shape index (κ2) is 7.86. The predicted octanol–water partition coefficient (Wildman–Crippen LogP) is 3.51. The lowest BCUT2D eigenvalue weighted by Crippen LogP contribution is -2.27. The van der Waals surface area contributed by atoms with Gasteiger partial charge in [0.2, 0.25) is 0 Å². The second-order valence-electron chi connectivity index (χ2n) is 8.03. The van der Waals surface area contributed by atoms with Crippen LogP contribution in [-0.4, -0.2) is 45.3 Å². The molecule has 5 heteroatoms. The Labute approximate surface area is 166 Å². The summed E-state index contributed by atoms with van der Waals surface area (Å²) < 4.78 is 1.98. The van der Waals surface area contributed by atoms with Gasteiger partial charge < -0.3 is 10.2 Å². The highest BCUT2D eigenvalue weighted by atomic mass is 15.3. The molecule has 1 atom stereocenters. The maximum Gasteiger partial charge on any atom is 0.0973 e. The van der Waals surface area contributed by atoms with E-state index in [0.29, 0.717) is 0 Å². The molecule has 1 aliphatic carbocycles. The number of nitrogens with zero attached hydrogens (tertiary/aromatic N) is 4. The van der Waals surface area contributed by atoms with Crippen molar-refractivity contribution in [3.63, 3.8) is 0 Å². The Balaban J connectivity index is 1.30. The van der Waals surface area contributed by atoms with E-state index in [1.165, 1.54) is 37.9 Å². The summed E-state index contributed by atoms with van der Waals surface area (Å²) in [6, 6.07) is 15.3. The van der Waals surface area contributed by atoms with Gasteiger partial charge in [0.05, 0.1) is 11.4 Å². The van der Waals surface area contributed by atoms with Gasteiger partial charge in [-0.15, -0.1) is 0 Å². The number of rotatable bonds is 7. The lowest BCUT2D eigenvalue weighted by molar-refractivity contribution is 0.312. The highest BCUT2D eigenvalue weighted by Crippen LogP contribution is 2.31. The first-order chi connectivity index (χ1) is 13.9. The maximum absolute atomic E-state index is 4.89. The van der Waals surface area contributed by atoms with Gasteiger partial charge in [0.25, 0.3) is 0 Å². The third kappa shape index (κ3) is 3.86. The van der Waals surface area contributed by atoms with Crippen LogP contribution >= 0.6 is 0 Å². The third-order valence-electron chi connectivity index (χ3n) is 5.89. The largest absolute Gasteiger partial charge is 0.312 e. The molecule has 0 spiro atoms. The molecule has 1 saturated carbocycles. The standard InChI is InChI=1S/C23H27N5/c1-2-4-22(5-3-1)28-17-20(23(26-28)19-8-11-24-12-9-19)15-25-14-18-10-13-27(16-18)21-6-7-21/h1-5,8-9,11-12,17-18,21,25H,6-7,10,13-16H2. The normalized spacial score (nSPS) is 19.9. The minimum Gasteiger partial charge on any atom is -0.312 e. The minimum absolute atomic E-state index is 0.772. The van der Waals surface area contributed by atoms with Crippen molar-refractivity contribution in [1.82, 2.24) is 25.0 Å². The van der Waals surface area contributed by atoms with Crippen LogP contribution in [0.15, 0.2) is 61.1 Å². The Morgan fingerprint density at radius 2 is 1.82 bits per heavy atom. The maximum atomic E-state index is 4.89. The SMILES string of the molecule is c1ccc(-n2cc(CNCC3CCN(C4CC4)C3)c(-c3ccncc3)n2)cc1. The van der Waals surface area contributed by atoms with Gasteiger partial charge in [-0.25, -0.2) is 4.68 Å². The van der Waals surface area contributed by atoms with E-state index in [4.69, 9.17) is 5.10 Å². The molecule has 144 valence electrons. The number of nitrogens with one attached hydrogen (secondary N) is 1. The van der Waals surface area contributed by atoms with Gasteiger partial charge in [0.1, 0.15) is 0 Å². The molecule has 1 saturated heterocycles. The molecule has 1 aromatic carbocycles. The van der Waals surface area contributed by atoms with Crippen molar-refractivity contribution in [2.75, 3.05) is 19.6 Å². The van der Waals surface area contributed by atoms with E-state index in [1.54, 1.807) is 0 Å². The molecule has 2 aliphatic rings. The number of aromatic nitrogens is 3. The highest BCUT2D eigenvalue weighted by Gasteiger charge is 2.34. The number of hydrogen-bond acceptors (Lipinski definition) is 4. The van der Waals surface area contributed by atoms with Gasteiger partial charge in [-0.1, -0.05) is 18.2 Å². The fourth-order valence-corrected chi connectivity index (χ4v) is 4.22. The predicted molar refractivity (Wildman–Crippen MR) is 111 cm³/mol. The molecule has 3 aromatic rings. The topological polar surface area (TPSA) is 46.0 Å². The first-order valence-electron chi connectivity index (χ1n) is 10.4. The summed E-state index contributed by atoms with van der Waals surface area (Å²) in [5.41, 5.74) is 4.46. The van der Waals surface area contributed by atoms with Gasteiger partial charge in [0, 0.05) is 48.8 Å². The minimum atomic E-state index is 0.772. The number of benzene rings is 1. The molecular weight excluding hydrogens is 346 g/mol. The molecule has 3 heterocycles. The van der Waals surface area contributed by atoms with E-state index in [1.807, 2.05) is 47.4 Å². The number of hydrogen-bond donors (Lipinski definition) is 1. The Morgan fingerprint density at radius 3 is 2.61 bits per heavy atom. The first-order valence-corrected chi connectivity index (χ1v) is 10.4. The van der Waals surface area contributed by atoms with Gasteiger partial charge in [-0.2, -0.15) is 5.10 Å². The average molecular weight is 374 g/mol. The molecule has 0 amide bonds. The zero-order valence-electron chi connectivity index (χ0n) is 16.2. The first kappa shape index (κ1) is 17.6. The number of pyridine rings is 1. The zero-order chi connectivity index (χ0) is 18.8. The third-order valence-corrected chi connectivity index (χ3v) is 5.89. The van der Waals surface area contributed by atoms with Crippen LogP contribution in [-0.2, 0) is 6.54 Å². The lowest BCUT2D eigenvalue weighted by Gasteiger charge is -2.15. The molecule has 0 radical (unpaired) electrons. The van der Waals surface area contributed by atoms with Crippen molar-refractivity contribution in [3.8, 4) is 16.9 Å². The molecule has 2 aromatic heterocycles. The van der Waals surface area contributed by atoms with E-state index in [0.717, 1.165) is 42.0 Å². The molecule has 5 nitrogen and oxygen atoms in total. The summed E-state index contributed by atoms with van der Waals surface area (Å²) in [5, 5.41) is 8.59. The van der Waals surface area contributed by atoms with Crippen LogP contribution < -0.4 is 5.32 Å². The van der Waals surface area contributed by atoms with Crippen LogP contribution in [0.25, 0.3) is 16.9 Å². The van der Waals surface area contributed by atoms with Gasteiger partial charge in [-0.05, 0) is 62.5 Å². The average Bonchev–Trinajstić information content (AvgIpc) is 3.34. The molecule has 28 heavy (non-hydrogen) atoms. The van der Waals surface area contributed by atoms with Crippen LogP contribution in [0, 0.1) is 5.92 Å². The second-order valence-corrected chi connectivity index (χ2v) is 8.03. The van der Waals surface area contributed by atoms with Crippen LogP contribution in [0.3, 0.4) is 0 Å². The van der Waals surface area contributed by atoms with Crippen molar-refractivity contribution >= 4 is 0 Å². The zero-order valence-corrected chi connectivity index (χ0v) is 16.2. The van der Waals surface area contributed by atoms with Crippen molar-refractivity contribution < 1.29 is 0 Å². The number of para-hydroxylation sites is 1. The lowest BCUT2D eigenvalue weighted by atomic mass is 10.1. The van der Waals surface area contributed by atoms with Crippen LogP contribution in [0.5, 0.6) is 0 Å². The van der Waals surface area contributed by atoms with E-state index in [9.17, 15) is 0 Å². The molecular formula is C23H27N5. The summed E-state index contributed by atoms with van der Waals surface area (Å²) >= 11 is 0. The summed E-state index contributed by atoms with van der Waals surface area (Å²) in [4.78, 5) is 6.83.